The molecule has 2 aliphatic rings. The molecule has 0 aromatic heterocycles. The first kappa shape index (κ1) is 18.5. The normalized spacial score (nSPS) is 35.6. The highest BCUT2D eigenvalue weighted by Crippen LogP contribution is 2.24. The maximum absolute atomic E-state index is 11.8. The molecule has 0 spiro atoms. The fraction of sp³-hybridized carbons (Fsp3) is 0.944. The Morgan fingerprint density at radius 2 is 1.48 bits per heavy atom. The Hall–Kier alpha value is -0.810. The van der Waals surface area contributed by atoms with Crippen molar-refractivity contribution in [2.24, 2.45) is 0 Å². The highest BCUT2D eigenvalue weighted by atomic mass is 16.6. The molecule has 134 valence electrons. The molecule has 0 aromatic rings. The van der Waals surface area contributed by atoms with Gasteiger partial charge in [-0.3, -0.25) is 0 Å². The number of carbonyl (C=O) groups is 1. The van der Waals surface area contributed by atoms with Crippen LogP contribution in [0.5, 0.6) is 0 Å². The fourth-order valence-corrected chi connectivity index (χ4v) is 3.75. The second kappa shape index (κ2) is 7.84. The van der Waals surface area contributed by atoms with E-state index in [1.807, 2.05) is 20.8 Å². The summed E-state index contributed by atoms with van der Waals surface area (Å²) < 4.78 is 11.1. The summed E-state index contributed by atoms with van der Waals surface area (Å²) in [5, 5.41) is 6.81. The Kier molecular flexibility index (Phi) is 6.32. The summed E-state index contributed by atoms with van der Waals surface area (Å²) in [4.78, 5) is 11.8. The van der Waals surface area contributed by atoms with Crippen LogP contribution in [-0.4, -0.2) is 42.0 Å². The minimum absolute atomic E-state index is 0.246. The van der Waals surface area contributed by atoms with Crippen molar-refractivity contribution < 1.29 is 14.3 Å². The summed E-state index contributed by atoms with van der Waals surface area (Å²) in [6, 6.07) is 1.37. The number of ether oxygens (including phenoxy) is 2. The Balaban J connectivity index is 1.68. The molecule has 0 radical (unpaired) electrons. The van der Waals surface area contributed by atoms with E-state index in [-0.39, 0.29) is 12.1 Å². The predicted molar refractivity (Wildman–Crippen MR) is 91.6 cm³/mol. The van der Waals surface area contributed by atoms with E-state index in [9.17, 15) is 4.79 Å². The fourth-order valence-electron chi connectivity index (χ4n) is 3.75. The SMILES string of the molecule is CC1CC(NC2CCC(NC(=O)OC(C)(C)C)CC2)CC(C)O1. The minimum Gasteiger partial charge on any atom is -0.444 e. The smallest absolute Gasteiger partial charge is 0.407 e. The standard InChI is InChI=1S/C18H34N2O3/c1-12-10-16(11-13(2)22-12)19-14-6-8-15(9-7-14)20-17(21)23-18(3,4)5/h12-16,19H,6-11H2,1-5H3,(H,20,21). The van der Waals surface area contributed by atoms with Gasteiger partial charge in [0, 0.05) is 18.1 Å². The molecule has 1 aliphatic carbocycles. The Morgan fingerprint density at radius 1 is 0.957 bits per heavy atom. The first-order valence-electron chi connectivity index (χ1n) is 9.12. The highest BCUT2D eigenvalue weighted by molar-refractivity contribution is 5.68. The minimum atomic E-state index is -0.431. The van der Waals surface area contributed by atoms with Gasteiger partial charge in [-0.25, -0.2) is 4.79 Å². The summed E-state index contributed by atoms with van der Waals surface area (Å²) in [5.74, 6) is 0. The van der Waals surface area contributed by atoms with E-state index in [1.165, 1.54) is 0 Å². The Morgan fingerprint density at radius 3 is 2.00 bits per heavy atom. The van der Waals surface area contributed by atoms with Gasteiger partial charge in [-0.1, -0.05) is 0 Å². The van der Waals surface area contributed by atoms with E-state index in [1.54, 1.807) is 0 Å². The van der Waals surface area contributed by atoms with Crippen molar-refractivity contribution in [3.63, 3.8) is 0 Å². The predicted octanol–water partition coefficient (Wildman–Crippen LogP) is 3.37. The number of hydrogen-bond donors (Lipinski definition) is 2. The zero-order valence-corrected chi connectivity index (χ0v) is 15.4. The summed E-state index contributed by atoms with van der Waals surface area (Å²) >= 11 is 0. The lowest BCUT2D eigenvalue weighted by Gasteiger charge is -2.37. The third-order valence-corrected chi connectivity index (χ3v) is 4.62. The van der Waals surface area contributed by atoms with E-state index < -0.39 is 5.60 Å². The van der Waals surface area contributed by atoms with Crippen LogP contribution in [-0.2, 0) is 9.47 Å². The van der Waals surface area contributed by atoms with E-state index in [0.29, 0.717) is 24.3 Å². The first-order valence-corrected chi connectivity index (χ1v) is 9.12. The van der Waals surface area contributed by atoms with Gasteiger partial charge in [-0.15, -0.1) is 0 Å². The van der Waals surface area contributed by atoms with Gasteiger partial charge in [-0.05, 0) is 73.1 Å². The van der Waals surface area contributed by atoms with E-state index in [0.717, 1.165) is 38.5 Å². The molecule has 23 heavy (non-hydrogen) atoms. The number of amides is 1. The second-order valence-electron chi connectivity index (χ2n) is 8.29. The van der Waals surface area contributed by atoms with E-state index in [4.69, 9.17) is 9.47 Å². The van der Waals surface area contributed by atoms with Crippen molar-refractivity contribution in [2.45, 2.75) is 109 Å². The van der Waals surface area contributed by atoms with Crippen LogP contribution in [0.1, 0.15) is 73.1 Å². The zero-order valence-electron chi connectivity index (χ0n) is 15.4. The molecule has 2 rings (SSSR count). The lowest BCUT2D eigenvalue weighted by atomic mass is 9.89. The molecular weight excluding hydrogens is 292 g/mol. The second-order valence-corrected chi connectivity index (χ2v) is 8.29. The van der Waals surface area contributed by atoms with Crippen molar-refractivity contribution in [1.29, 1.82) is 0 Å². The summed E-state index contributed by atoms with van der Waals surface area (Å²) in [7, 11) is 0. The lowest BCUT2D eigenvalue weighted by Crippen LogP contribution is -2.49. The summed E-state index contributed by atoms with van der Waals surface area (Å²) in [6.45, 7) is 9.99. The number of alkyl carbamates (subject to hydrolysis) is 1. The summed E-state index contributed by atoms with van der Waals surface area (Å²) in [5.41, 5.74) is -0.431. The van der Waals surface area contributed by atoms with Crippen LogP contribution in [0, 0.1) is 0 Å². The molecule has 1 heterocycles. The Bertz CT molecular complexity index is 376. The Labute approximate surface area is 140 Å². The molecule has 1 aliphatic heterocycles. The van der Waals surface area contributed by atoms with Crippen molar-refractivity contribution in [3.8, 4) is 0 Å². The van der Waals surface area contributed by atoms with Crippen LogP contribution >= 0.6 is 0 Å². The first-order chi connectivity index (χ1) is 10.7. The average Bonchev–Trinajstić information content (AvgIpc) is 2.37. The molecule has 0 bridgehead atoms. The molecular formula is C18H34N2O3. The van der Waals surface area contributed by atoms with E-state index in [2.05, 4.69) is 24.5 Å². The highest BCUT2D eigenvalue weighted by Gasteiger charge is 2.29. The molecule has 1 saturated carbocycles. The quantitative estimate of drug-likeness (QED) is 0.835. The number of rotatable bonds is 3. The monoisotopic (exact) mass is 326 g/mol. The number of carbonyl (C=O) groups excluding carboxylic acids is 1. The van der Waals surface area contributed by atoms with Crippen molar-refractivity contribution in [1.82, 2.24) is 10.6 Å². The van der Waals surface area contributed by atoms with Gasteiger partial charge in [-0.2, -0.15) is 0 Å². The number of nitrogens with one attached hydrogen (secondary N) is 2. The van der Waals surface area contributed by atoms with Crippen LogP contribution in [0.25, 0.3) is 0 Å². The molecule has 1 amide bonds. The van der Waals surface area contributed by atoms with Crippen molar-refractivity contribution in [2.75, 3.05) is 0 Å². The van der Waals surface area contributed by atoms with Gasteiger partial charge in [0.05, 0.1) is 12.2 Å². The largest absolute Gasteiger partial charge is 0.444 e. The van der Waals surface area contributed by atoms with Crippen LogP contribution in [0.4, 0.5) is 4.79 Å². The van der Waals surface area contributed by atoms with E-state index >= 15 is 0 Å². The molecule has 5 nitrogen and oxygen atoms in total. The molecule has 5 heteroatoms. The van der Waals surface area contributed by atoms with Gasteiger partial charge >= 0.3 is 6.09 Å². The van der Waals surface area contributed by atoms with Crippen LogP contribution in [0.15, 0.2) is 0 Å². The molecule has 0 aromatic carbocycles. The lowest BCUT2D eigenvalue weighted by molar-refractivity contribution is -0.0442. The number of hydrogen-bond acceptors (Lipinski definition) is 4. The van der Waals surface area contributed by atoms with Gasteiger partial charge in [0.25, 0.3) is 0 Å². The van der Waals surface area contributed by atoms with Crippen LogP contribution < -0.4 is 10.6 Å². The van der Waals surface area contributed by atoms with Crippen LogP contribution in [0.3, 0.4) is 0 Å². The third-order valence-electron chi connectivity index (χ3n) is 4.62. The van der Waals surface area contributed by atoms with Gasteiger partial charge < -0.3 is 20.1 Å². The van der Waals surface area contributed by atoms with Crippen molar-refractivity contribution >= 4 is 6.09 Å². The third kappa shape index (κ3) is 6.68. The molecule has 2 unspecified atom stereocenters. The topological polar surface area (TPSA) is 59.6 Å². The molecule has 2 N–H and O–H groups in total. The van der Waals surface area contributed by atoms with Crippen molar-refractivity contribution in [3.05, 3.63) is 0 Å². The average molecular weight is 326 g/mol. The molecule has 1 saturated heterocycles. The van der Waals surface area contributed by atoms with Gasteiger partial charge in [0.2, 0.25) is 0 Å². The maximum Gasteiger partial charge on any atom is 0.407 e. The van der Waals surface area contributed by atoms with Crippen LogP contribution in [0.2, 0.25) is 0 Å². The maximum atomic E-state index is 11.8. The summed E-state index contributed by atoms with van der Waals surface area (Å²) in [6.07, 6.45) is 6.86. The van der Waals surface area contributed by atoms with Gasteiger partial charge in [0.1, 0.15) is 5.60 Å². The zero-order chi connectivity index (χ0) is 17.0. The van der Waals surface area contributed by atoms with Gasteiger partial charge in [0.15, 0.2) is 0 Å². The molecule has 2 fully saturated rings. The molecule has 2 atom stereocenters.